The maximum Gasteiger partial charge on any atom is 0.310 e. The van der Waals surface area contributed by atoms with Gasteiger partial charge in [0.1, 0.15) is 11.9 Å². The molecular weight excluding hydrogens is 379 g/mol. The van der Waals surface area contributed by atoms with E-state index in [1.54, 1.807) is 6.07 Å². The van der Waals surface area contributed by atoms with E-state index in [0.29, 0.717) is 17.5 Å². The van der Waals surface area contributed by atoms with Crippen LogP contribution in [0, 0.1) is 29.0 Å². The molecule has 0 bridgehead atoms. The predicted octanol–water partition coefficient (Wildman–Crippen LogP) is 4.26. The molecule has 4 fully saturated rings. The van der Waals surface area contributed by atoms with E-state index in [1.165, 1.54) is 24.5 Å². The van der Waals surface area contributed by atoms with Crippen molar-refractivity contribution >= 4 is 11.7 Å². The van der Waals surface area contributed by atoms with Crippen LogP contribution >= 0.6 is 0 Å². The molecular formula is C25H33FN2O2. The molecule has 0 N–H and O–H groups in total. The second-order valence-electron chi connectivity index (χ2n) is 10.1. The summed E-state index contributed by atoms with van der Waals surface area (Å²) in [6.45, 7) is 10.8. The molecule has 2 aliphatic heterocycles. The standard InChI is InChI=1S/C25H33FN2O2/c1-17-6-5-9-25(2)15-23-18(14-20(17)25)19(24(29)30-23)16-27-10-12-28(13-11-27)22-8-4-3-7-21(22)26/h3-4,7-8,18-20,23H,1,5-6,9-16H2,2H3. The molecule has 0 aromatic heterocycles. The average molecular weight is 413 g/mol. The van der Waals surface area contributed by atoms with Gasteiger partial charge in [0.15, 0.2) is 0 Å². The Morgan fingerprint density at radius 2 is 2.00 bits per heavy atom. The SMILES string of the molecule is C=C1CCCC2(C)CC3OC(=O)C(CN4CCN(c5ccccc5F)CC4)C3CC12. The molecule has 162 valence electrons. The summed E-state index contributed by atoms with van der Waals surface area (Å²) in [5, 5.41) is 0. The summed E-state index contributed by atoms with van der Waals surface area (Å²) in [5.74, 6) is 0.646. The highest BCUT2D eigenvalue weighted by atomic mass is 19.1. The Morgan fingerprint density at radius 3 is 2.77 bits per heavy atom. The van der Waals surface area contributed by atoms with Crippen molar-refractivity contribution in [2.45, 2.75) is 45.1 Å². The van der Waals surface area contributed by atoms with Crippen LogP contribution in [0.3, 0.4) is 0 Å². The number of rotatable bonds is 3. The van der Waals surface area contributed by atoms with Gasteiger partial charge in [-0.3, -0.25) is 9.69 Å². The van der Waals surface area contributed by atoms with Crippen LogP contribution in [0.25, 0.3) is 0 Å². The lowest BCUT2D eigenvalue weighted by Crippen LogP contribution is -2.50. The Kier molecular flexibility index (Phi) is 5.12. The van der Waals surface area contributed by atoms with E-state index in [9.17, 15) is 9.18 Å². The van der Waals surface area contributed by atoms with E-state index in [2.05, 4.69) is 23.3 Å². The second-order valence-corrected chi connectivity index (χ2v) is 10.1. The molecule has 4 nitrogen and oxygen atoms in total. The van der Waals surface area contributed by atoms with Crippen molar-refractivity contribution in [3.05, 3.63) is 42.2 Å². The summed E-state index contributed by atoms with van der Waals surface area (Å²) >= 11 is 0. The summed E-state index contributed by atoms with van der Waals surface area (Å²) in [5.41, 5.74) is 2.32. The van der Waals surface area contributed by atoms with Crippen molar-refractivity contribution in [3.63, 3.8) is 0 Å². The summed E-state index contributed by atoms with van der Waals surface area (Å²) in [6, 6.07) is 6.98. The van der Waals surface area contributed by atoms with Crippen LogP contribution in [0.2, 0.25) is 0 Å². The number of benzene rings is 1. The molecule has 2 heterocycles. The maximum absolute atomic E-state index is 14.1. The van der Waals surface area contributed by atoms with Crippen LogP contribution in [0.5, 0.6) is 0 Å². The highest BCUT2D eigenvalue weighted by Crippen LogP contribution is 2.56. The number of esters is 1. The number of hydrogen-bond acceptors (Lipinski definition) is 4. The number of ether oxygens (including phenoxy) is 1. The molecule has 2 saturated carbocycles. The molecule has 30 heavy (non-hydrogen) atoms. The summed E-state index contributed by atoms with van der Waals surface area (Å²) in [6.07, 6.45) is 5.69. The first-order valence-electron chi connectivity index (χ1n) is 11.5. The number of piperazine rings is 1. The fraction of sp³-hybridized carbons (Fsp3) is 0.640. The maximum atomic E-state index is 14.1. The van der Waals surface area contributed by atoms with Crippen molar-refractivity contribution in [3.8, 4) is 0 Å². The van der Waals surface area contributed by atoms with E-state index in [1.807, 2.05) is 12.1 Å². The van der Waals surface area contributed by atoms with Gasteiger partial charge in [0.25, 0.3) is 0 Å². The minimum absolute atomic E-state index is 0.00519. The van der Waals surface area contributed by atoms with Crippen molar-refractivity contribution in [2.24, 2.45) is 23.2 Å². The smallest absolute Gasteiger partial charge is 0.310 e. The summed E-state index contributed by atoms with van der Waals surface area (Å²) in [4.78, 5) is 17.3. The summed E-state index contributed by atoms with van der Waals surface area (Å²) < 4.78 is 20.0. The quantitative estimate of drug-likeness (QED) is 0.549. The Hall–Kier alpha value is -1.88. The highest BCUT2D eigenvalue weighted by molar-refractivity contribution is 5.75. The topological polar surface area (TPSA) is 32.8 Å². The number of carbonyl (C=O) groups excluding carboxylic acids is 1. The first-order valence-corrected chi connectivity index (χ1v) is 11.5. The third-order valence-corrected chi connectivity index (χ3v) is 8.34. The molecule has 5 unspecified atom stereocenters. The van der Waals surface area contributed by atoms with Crippen molar-refractivity contribution in [1.82, 2.24) is 4.90 Å². The largest absolute Gasteiger partial charge is 0.462 e. The number of fused-ring (bicyclic) bond motifs is 2. The Bertz CT molecular complexity index is 834. The van der Waals surface area contributed by atoms with E-state index in [0.717, 1.165) is 52.0 Å². The van der Waals surface area contributed by atoms with E-state index in [4.69, 9.17) is 4.74 Å². The fourth-order valence-corrected chi connectivity index (χ4v) is 6.62. The lowest BCUT2D eigenvalue weighted by Gasteiger charge is -2.50. The zero-order valence-electron chi connectivity index (χ0n) is 18.0. The fourth-order valence-electron chi connectivity index (χ4n) is 6.62. The zero-order chi connectivity index (χ0) is 20.9. The lowest BCUT2D eigenvalue weighted by molar-refractivity contribution is -0.146. The molecule has 1 aromatic carbocycles. The number of anilines is 1. The highest BCUT2D eigenvalue weighted by Gasteiger charge is 2.55. The van der Waals surface area contributed by atoms with Gasteiger partial charge in [-0.25, -0.2) is 4.39 Å². The number of nitrogens with zero attached hydrogens (tertiary/aromatic N) is 2. The third kappa shape index (κ3) is 3.45. The molecule has 5 rings (SSSR count). The van der Waals surface area contributed by atoms with Gasteiger partial charge in [-0.2, -0.15) is 0 Å². The Morgan fingerprint density at radius 1 is 1.23 bits per heavy atom. The molecule has 5 heteroatoms. The number of halogens is 1. The van der Waals surface area contributed by atoms with Gasteiger partial charge in [0.2, 0.25) is 0 Å². The van der Waals surface area contributed by atoms with Crippen LogP contribution in [-0.2, 0) is 9.53 Å². The van der Waals surface area contributed by atoms with Gasteiger partial charge in [-0.1, -0.05) is 31.2 Å². The molecule has 1 aromatic rings. The van der Waals surface area contributed by atoms with Gasteiger partial charge in [-0.05, 0) is 55.6 Å². The van der Waals surface area contributed by atoms with E-state index >= 15 is 0 Å². The van der Waals surface area contributed by atoms with Crippen LogP contribution in [0.15, 0.2) is 36.4 Å². The van der Waals surface area contributed by atoms with Crippen LogP contribution in [0.1, 0.15) is 39.0 Å². The van der Waals surface area contributed by atoms with Gasteiger partial charge in [0.05, 0.1) is 11.6 Å². The van der Waals surface area contributed by atoms with Gasteiger partial charge in [0, 0.05) is 38.6 Å². The molecule has 2 saturated heterocycles. The van der Waals surface area contributed by atoms with Crippen LogP contribution < -0.4 is 4.90 Å². The third-order valence-electron chi connectivity index (χ3n) is 8.34. The van der Waals surface area contributed by atoms with Crippen LogP contribution in [-0.4, -0.2) is 49.7 Å². The summed E-state index contributed by atoms with van der Waals surface area (Å²) in [7, 11) is 0. The van der Waals surface area contributed by atoms with Crippen LogP contribution in [0.4, 0.5) is 10.1 Å². The number of hydrogen-bond donors (Lipinski definition) is 0. The first kappa shape index (κ1) is 20.0. The van der Waals surface area contributed by atoms with E-state index < -0.39 is 0 Å². The first-order chi connectivity index (χ1) is 14.4. The minimum atomic E-state index is -0.161. The normalized spacial score (nSPS) is 36.9. The molecule has 2 aliphatic carbocycles. The molecule has 0 radical (unpaired) electrons. The monoisotopic (exact) mass is 412 g/mol. The van der Waals surface area contributed by atoms with E-state index in [-0.39, 0.29) is 29.2 Å². The predicted molar refractivity (Wildman–Crippen MR) is 116 cm³/mol. The van der Waals surface area contributed by atoms with Gasteiger partial charge >= 0.3 is 5.97 Å². The molecule has 5 atom stereocenters. The zero-order valence-corrected chi connectivity index (χ0v) is 18.0. The van der Waals surface area contributed by atoms with Gasteiger partial charge in [-0.15, -0.1) is 0 Å². The number of carbonyl (C=O) groups is 1. The van der Waals surface area contributed by atoms with Gasteiger partial charge < -0.3 is 9.64 Å². The molecule has 0 amide bonds. The van der Waals surface area contributed by atoms with Crippen molar-refractivity contribution in [1.29, 1.82) is 0 Å². The average Bonchev–Trinajstić information content (AvgIpc) is 3.01. The van der Waals surface area contributed by atoms with Crippen molar-refractivity contribution < 1.29 is 13.9 Å². The Labute approximate surface area is 179 Å². The lowest BCUT2D eigenvalue weighted by atomic mass is 9.55. The Balaban J connectivity index is 1.23. The number of para-hydroxylation sites is 1. The minimum Gasteiger partial charge on any atom is -0.462 e. The van der Waals surface area contributed by atoms with Crippen molar-refractivity contribution in [2.75, 3.05) is 37.6 Å². The molecule has 4 aliphatic rings. The second kappa shape index (κ2) is 7.67. The number of allylic oxidation sites excluding steroid dienone is 1. The molecule has 0 spiro atoms.